The molecule has 0 aliphatic heterocycles. The van der Waals surface area contributed by atoms with E-state index in [1.54, 1.807) is 17.4 Å². The Bertz CT molecular complexity index is 869. The van der Waals surface area contributed by atoms with Gasteiger partial charge >= 0.3 is 0 Å². The maximum absolute atomic E-state index is 11.3. The first kappa shape index (κ1) is 15.8. The van der Waals surface area contributed by atoms with E-state index in [0.717, 1.165) is 27.4 Å². The molecule has 4 heteroatoms. The van der Waals surface area contributed by atoms with Crippen LogP contribution in [0.3, 0.4) is 0 Å². The Morgan fingerprint density at radius 1 is 1.13 bits per heavy atom. The molecule has 0 atom stereocenters. The number of amides is 1. The molecule has 3 rings (SSSR count). The molecule has 0 unspecified atom stereocenters. The van der Waals surface area contributed by atoms with Gasteiger partial charge in [0, 0.05) is 26.8 Å². The maximum atomic E-state index is 11.3. The third-order valence-corrected chi connectivity index (χ3v) is 5.16. The molecule has 0 saturated heterocycles. The molecule has 23 heavy (non-hydrogen) atoms. The minimum atomic E-state index is -0.407. The number of nitrogens with two attached hydrogens (primary N) is 1. The monoisotopic (exact) mass is 341 g/mol. The summed E-state index contributed by atoms with van der Waals surface area (Å²) in [5.41, 5.74) is 9.22. The van der Waals surface area contributed by atoms with Crippen LogP contribution in [0.4, 0.5) is 0 Å². The van der Waals surface area contributed by atoms with E-state index < -0.39 is 5.91 Å². The van der Waals surface area contributed by atoms with Gasteiger partial charge in [-0.05, 0) is 48.4 Å². The van der Waals surface area contributed by atoms with Gasteiger partial charge in [-0.1, -0.05) is 41.4 Å². The van der Waals surface area contributed by atoms with E-state index in [0.29, 0.717) is 5.56 Å². The van der Waals surface area contributed by atoms with Gasteiger partial charge in [0.05, 0.1) is 0 Å². The van der Waals surface area contributed by atoms with Crippen molar-refractivity contribution >= 4 is 28.8 Å². The lowest BCUT2D eigenvalue weighted by Gasteiger charge is -2.04. The van der Waals surface area contributed by atoms with Gasteiger partial charge in [-0.3, -0.25) is 4.79 Å². The van der Waals surface area contributed by atoms with Crippen molar-refractivity contribution in [2.45, 2.75) is 13.3 Å². The van der Waals surface area contributed by atoms with Crippen LogP contribution in [-0.2, 0) is 6.42 Å². The van der Waals surface area contributed by atoms with Gasteiger partial charge in [0.2, 0.25) is 5.91 Å². The maximum Gasteiger partial charge on any atom is 0.248 e. The first-order chi connectivity index (χ1) is 11.0. The topological polar surface area (TPSA) is 43.1 Å². The number of hydrogen-bond acceptors (Lipinski definition) is 2. The fraction of sp³-hybridized carbons (Fsp3) is 0.105. The van der Waals surface area contributed by atoms with E-state index in [2.05, 4.69) is 25.1 Å². The molecule has 116 valence electrons. The van der Waals surface area contributed by atoms with E-state index in [9.17, 15) is 4.79 Å². The summed E-state index contributed by atoms with van der Waals surface area (Å²) in [6.45, 7) is 2.06. The van der Waals surface area contributed by atoms with E-state index in [4.69, 9.17) is 17.3 Å². The summed E-state index contributed by atoms with van der Waals surface area (Å²) in [4.78, 5) is 13.7. The van der Waals surface area contributed by atoms with Gasteiger partial charge in [0.25, 0.3) is 0 Å². The number of carbonyl (C=O) groups is 1. The van der Waals surface area contributed by atoms with Crippen LogP contribution in [0, 0.1) is 6.92 Å². The Balaban J connectivity index is 1.87. The van der Waals surface area contributed by atoms with Crippen molar-refractivity contribution < 1.29 is 4.79 Å². The number of carbonyl (C=O) groups excluding carboxylic acids is 1. The number of aryl methyl sites for hydroxylation is 1. The zero-order valence-electron chi connectivity index (χ0n) is 12.7. The Morgan fingerprint density at radius 2 is 1.96 bits per heavy atom. The number of primary amides is 1. The predicted octanol–water partition coefficient (Wildman–Crippen LogP) is 5.07. The van der Waals surface area contributed by atoms with Crippen LogP contribution >= 0.6 is 22.9 Å². The van der Waals surface area contributed by atoms with Crippen LogP contribution in [0.5, 0.6) is 0 Å². The van der Waals surface area contributed by atoms with Crippen molar-refractivity contribution in [1.82, 2.24) is 0 Å². The van der Waals surface area contributed by atoms with Gasteiger partial charge in [-0.2, -0.15) is 0 Å². The highest BCUT2D eigenvalue weighted by atomic mass is 35.5. The number of hydrogen-bond donors (Lipinski definition) is 1. The minimum Gasteiger partial charge on any atom is -0.366 e. The number of thiophene rings is 1. The van der Waals surface area contributed by atoms with Crippen molar-refractivity contribution in [3.8, 4) is 10.4 Å². The summed E-state index contributed by atoms with van der Waals surface area (Å²) in [5.74, 6) is -0.407. The average Bonchev–Trinajstić information content (AvgIpc) is 3.00. The molecular formula is C19H16ClNOS. The summed E-state index contributed by atoms with van der Waals surface area (Å²) in [6.07, 6.45) is 0.806. The van der Waals surface area contributed by atoms with Gasteiger partial charge in [-0.25, -0.2) is 0 Å². The first-order valence-electron chi connectivity index (χ1n) is 7.27. The zero-order valence-corrected chi connectivity index (χ0v) is 14.2. The van der Waals surface area contributed by atoms with Gasteiger partial charge < -0.3 is 5.73 Å². The Morgan fingerprint density at radius 3 is 2.74 bits per heavy atom. The van der Waals surface area contributed by atoms with Gasteiger partial charge in [0.15, 0.2) is 0 Å². The molecular weight excluding hydrogens is 326 g/mol. The lowest BCUT2D eigenvalue weighted by atomic mass is 10.1. The van der Waals surface area contributed by atoms with Crippen molar-refractivity contribution in [2.75, 3.05) is 0 Å². The molecule has 0 fully saturated rings. The highest BCUT2D eigenvalue weighted by Crippen LogP contribution is 2.31. The van der Waals surface area contributed by atoms with E-state index in [1.807, 2.05) is 30.3 Å². The van der Waals surface area contributed by atoms with Crippen LogP contribution in [0.1, 0.15) is 26.4 Å². The molecule has 0 aliphatic rings. The second-order valence-electron chi connectivity index (χ2n) is 5.48. The van der Waals surface area contributed by atoms with Crippen LogP contribution in [0.15, 0.2) is 54.6 Å². The van der Waals surface area contributed by atoms with Gasteiger partial charge in [0.1, 0.15) is 0 Å². The first-order valence-corrected chi connectivity index (χ1v) is 8.46. The Hall–Kier alpha value is -2.10. The molecule has 2 nitrogen and oxygen atoms in total. The largest absolute Gasteiger partial charge is 0.366 e. The van der Waals surface area contributed by atoms with Crippen LogP contribution in [0.25, 0.3) is 10.4 Å². The molecule has 3 aromatic rings. The zero-order chi connectivity index (χ0) is 16.4. The molecule has 0 spiro atoms. The summed E-state index contributed by atoms with van der Waals surface area (Å²) >= 11 is 7.98. The predicted molar refractivity (Wildman–Crippen MR) is 97.3 cm³/mol. The normalized spacial score (nSPS) is 10.7. The molecule has 2 N–H and O–H groups in total. The molecule has 2 aromatic carbocycles. The lowest BCUT2D eigenvalue weighted by Crippen LogP contribution is -2.10. The molecule has 1 amide bonds. The van der Waals surface area contributed by atoms with Crippen molar-refractivity contribution in [3.63, 3.8) is 0 Å². The third kappa shape index (κ3) is 3.63. The number of halogens is 1. The van der Waals surface area contributed by atoms with Crippen LogP contribution in [0.2, 0.25) is 5.02 Å². The van der Waals surface area contributed by atoms with Crippen LogP contribution in [-0.4, -0.2) is 5.91 Å². The standard InChI is InChI=1S/C19H16ClNOS/c1-12-5-7-17(20)15(9-12)11-16-6-8-18(23-16)13-3-2-4-14(10-13)19(21)22/h2-10H,11H2,1H3,(H2,21,22). The van der Waals surface area contributed by atoms with E-state index >= 15 is 0 Å². The second kappa shape index (κ2) is 6.57. The van der Waals surface area contributed by atoms with Crippen molar-refractivity contribution in [1.29, 1.82) is 0 Å². The SMILES string of the molecule is Cc1ccc(Cl)c(Cc2ccc(-c3cccc(C(N)=O)c3)s2)c1. The summed E-state index contributed by atoms with van der Waals surface area (Å²) < 4.78 is 0. The quantitative estimate of drug-likeness (QED) is 0.707. The highest BCUT2D eigenvalue weighted by molar-refractivity contribution is 7.15. The molecule has 0 saturated carbocycles. The second-order valence-corrected chi connectivity index (χ2v) is 7.06. The van der Waals surface area contributed by atoms with Crippen molar-refractivity contribution in [2.24, 2.45) is 5.73 Å². The minimum absolute atomic E-state index is 0.407. The molecule has 0 radical (unpaired) electrons. The summed E-state index contributed by atoms with van der Waals surface area (Å²) in [5, 5.41) is 0.793. The number of benzene rings is 2. The average molecular weight is 342 g/mol. The Kier molecular flexibility index (Phi) is 4.51. The smallest absolute Gasteiger partial charge is 0.248 e. The Labute approximate surface area is 144 Å². The summed E-state index contributed by atoms with van der Waals surface area (Å²) in [7, 11) is 0. The van der Waals surface area contributed by atoms with Crippen molar-refractivity contribution in [3.05, 3.63) is 81.2 Å². The molecule has 1 heterocycles. The molecule has 1 aromatic heterocycles. The molecule has 0 bridgehead atoms. The lowest BCUT2D eigenvalue weighted by molar-refractivity contribution is 0.100. The molecule has 0 aliphatic carbocycles. The van der Waals surface area contributed by atoms with E-state index in [1.165, 1.54) is 10.4 Å². The highest BCUT2D eigenvalue weighted by Gasteiger charge is 2.08. The van der Waals surface area contributed by atoms with Gasteiger partial charge in [-0.15, -0.1) is 11.3 Å². The fourth-order valence-corrected chi connectivity index (χ4v) is 3.69. The third-order valence-electron chi connectivity index (χ3n) is 3.66. The fourth-order valence-electron chi connectivity index (χ4n) is 2.48. The number of rotatable bonds is 4. The van der Waals surface area contributed by atoms with Crippen LogP contribution < -0.4 is 5.73 Å². The summed E-state index contributed by atoms with van der Waals surface area (Å²) in [6, 6.07) is 17.7. The van der Waals surface area contributed by atoms with E-state index in [-0.39, 0.29) is 0 Å².